The zero-order chi connectivity index (χ0) is 27.7. The molecule has 4 heterocycles. The molecule has 0 aliphatic rings. The van der Waals surface area contributed by atoms with Crippen molar-refractivity contribution in [2.24, 2.45) is 0 Å². The fourth-order valence-corrected chi connectivity index (χ4v) is 4.62. The highest BCUT2D eigenvalue weighted by atomic mass is 35.5. The van der Waals surface area contributed by atoms with Crippen LogP contribution in [0.1, 0.15) is 6.42 Å². The number of phenolic OH excluding ortho intramolecular Hbond substituents is 1. The van der Waals surface area contributed by atoms with Gasteiger partial charge in [0, 0.05) is 34.8 Å². The number of anilines is 3. The number of aryl methyl sites for hydroxylation is 1. The maximum atomic E-state index is 11.9. The van der Waals surface area contributed by atoms with Gasteiger partial charge in [0.1, 0.15) is 29.3 Å². The minimum atomic E-state index is -0.415. The van der Waals surface area contributed by atoms with Crippen LogP contribution in [0.4, 0.5) is 17.3 Å². The molecule has 12 nitrogen and oxygen atoms in total. The van der Waals surface area contributed by atoms with Crippen LogP contribution in [-0.4, -0.2) is 47.5 Å². The summed E-state index contributed by atoms with van der Waals surface area (Å²) in [4.78, 5) is 20.8. The van der Waals surface area contributed by atoms with Crippen molar-refractivity contribution in [3.8, 4) is 28.7 Å². The van der Waals surface area contributed by atoms with Gasteiger partial charge in [-0.3, -0.25) is 9.48 Å². The van der Waals surface area contributed by atoms with Crippen molar-refractivity contribution in [2.75, 3.05) is 17.7 Å². The lowest BCUT2D eigenvalue weighted by Gasteiger charge is -2.14. The first-order chi connectivity index (χ1) is 18.8. The van der Waals surface area contributed by atoms with Gasteiger partial charge in [0.2, 0.25) is 5.91 Å². The number of amides is 1. The maximum absolute atomic E-state index is 11.9. The van der Waals surface area contributed by atoms with Gasteiger partial charge in [-0.05, 0) is 12.1 Å². The molecule has 0 bridgehead atoms. The molecule has 0 fully saturated rings. The summed E-state index contributed by atoms with van der Waals surface area (Å²) in [6.45, 7) is 3.81. The number of halogens is 2. The van der Waals surface area contributed by atoms with Crippen LogP contribution < -0.4 is 15.4 Å². The Labute approximate surface area is 231 Å². The minimum Gasteiger partial charge on any atom is -0.506 e. The first-order valence-electron chi connectivity index (χ1n) is 11.4. The fourth-order valence-electron chi connectivity index (χ4n) is 4.00. The Morgan fingerprint density at radius 2 is 2.10 bits per heavy atom. The number of aromatic nitrogens is 6. The van der Waals surface area contributed by atoms with E-state index in [1.54, 1.807) is 33.7 Å². The van der Waals surface area contributed by atoms with E-state index in [1.807, 2.05) is 0 Å². The van der Waals surface area contributed by atoms with Crippen molar-refractivity contribution in [2.45, 2.75) is 13.0 Å². The normalized spacial score (nSPS) is 10.9. The first kappa shape index (κ1) is 25.8. The highest BCUT2D eigenvalue weighted by molar-refractivity contribution is 6.41. The van der Waals surface area contributed by atoms with Crippen molar-refractivity contribution in [3.63, 3.8) is 0 Å². The lowest BCUT2D eigenvalue weighted by atomic mass is 10.0. The summed E-state index contributed by atoms with van der Waals surface area (Å²) < 4.78 is 8.43. The van der Waals surface area contributed by atoms with E-state index in [2.05, 4.69) is 43.4 Å². The second-order valence-electron chi connectivity index (χ2n) is 8.16. The number of rotatable bonds is 8. The third-order valence-corrected chi connectivity index (χ3v) is 6.53. The van der Waals surface area contributed by atoms with E-state index in [0.717, 1.165) is 6.08 Å². The number of pyridine rings is 2. The minimum absolute atomic E-state index is 0.0392. The Morgan fingerprint density at radius 3 is 2.85 bits per heavy atom. The highest BCUT2D eigenvalue weighted by Crippen LogP contribution is 2.47. The largest absolute Gasteiger partial charge is 0.506 e. The van der Waals surface area contributed by atoms with Gasteiger partial charge in [0.05, 0.1) is 47.9 Å². The Hall–Kier alpha value is -4.86. The Bertz CT molecular complexity index is 1810. The zero-order valence-electron chi connectivity index (χ0n) is 20.3. The number of ether oxygens (including phenoxy) is 1. The average Bonchev–Trinajstić information content (AvgIpc) is 3.57. The topological polar surface area (TPSA) is 155 Å². The van der Waals surface area contributed by atoms with Crippen LogP contribution in [0.2, 0.25) is 10.0 Å². The summed E-state index contributed by atoms with van der Waals surface area (Å²) in [6, 6.07) is 6.92. The number of phenols is 1. The van der Waals surface area contributed by atoms with E-state index in [0.29, 0.717) is 51.5 Å². The number of methoxy groups -OCH3 is 1. The van der Waals surface area contributed by atoms with E-state index in [4.69, 9.17) is 33.2 Å². The van der Waals surface area contributed by atoms with E-state index >= 15 is 0 Å². The zero-order valence-corrected chi connectivity index (χ0v) is 21.8. The van der Waals surface area contributed by atoms with E-state index < -0.39 is 5.91 Å². The van der Waals surface area contributed by atoms with Crippen molar-refractivity contribution in [3.05, 3.63) is 59.6 Å². The van der Waals surface area contributed by atoms with Crippen molar-refractivity contribution < 1.29 is 14.6 Å². The van der Waals surface area contributed by atoms with Crippen LogP contribution in [0.15, 0.2) is 49.6 Å². The van der Waals surface area contributed by atoms with Crippen LogP contribution in [0.5, 0.6) is 11.5 Å². The molecule has 0 saturated carbocycles. The van der Waals surface area contributed by atoms with E-state index in [9.17, 15) is 9.90 Å². The van der Waals surface area contributed by atoms with Gasteiger partial charge in [-0.1, -0.05) is 29.8 Å². The van der Waals surface area contributed by atoms with Crippen LogP contribution in [0.3, 0.4) is 0 Å². The van der Waals surface area contributed by atoms with Crippen LogP contribution >= 0.6 is 23.2 Å². The predicted molar refractivity (Wildman–Crippen MR) is 147 cm³/mol. The van der Waals surface area contributed by atoms with Gasteiger partial charge in [-0.15, -0.1) is 0 Å². The van der Waals surface area contributed by atoms with Gasteiger partial charge < -0.3 is 20.5 Å². The number of nitriles is 1. The third kappa shape index (κ3) is 4.76. The molecule has 5 rings (SSSR count). The quantitative estimate of drug-likeness (QED) is 0.222. The lowest BCUT2D eigenvalue weighted by molar-refractivity contribution is -0.111. The molecule has 1 aromatic carbocycles. The second-order valence-corrected chi connectivity index (χ2v) is 8.92. The molecule has 4 aromatic heterocycles. The number of aromatic hydroxyl groups is 1. The van der Waals surface area contributed by atoms with Crippen molar-refractivity contribution in [1.29, 1.82) is 5.26 Å². The molecule has 0 atom stereocenters. The predicted octanol–water partition coefficient (Wildman–Crippen LogP) is 4.94. The molecule has 0 unspecified atom stereocenters. The molecule has 0 radical (unpaired) electrons. The second kappa shape index (κ2) is 10.5. The van der Waals surface area contributed by atoms with E-state index in [-0.39, 0.29) is 28.0 Å². The number of carbonyl (C=O) groups is 1. The van der Waals surface area contributed by atoms with Gasteiger partial charge in [-0.2, -0.15) is 15.5 Å². The standard InChI is InChI=1S/C25H19Cl2N9O3/c1-3-20(38)32-15-11-35(6-4-5-28)34-24(15)33-19-8-16-13(10-29-19)7-14(25-30-12-31-36(16)25)21-22(26)17(37)9-18(39-2)23(21)27/h3,7-12,37H,1,4,6H2,2H3,(H,32,38)(H,29,33,34). The smallest absolute Gasteiger partial charge is 0.247 e. The molecule has 0 saturated heterocycles. The fraction of sp³-hybridized carbons (Fsp3) is 0.120. The summed E-state index contributed by atoms with van der Waals surface area (Å²) in [6.07, 6.45) is 5.99. The molecular weight excluding hydrogens is 545 g/mol. The van der Waals surface area contributed by atoms with Crippen molar-refractivity contribution in [1.82, 2.24) is 29.4 Å². The van der Waals surface area contributed by atoms with Gasteiger partial charge >= 0.3 is 0 Å². The number of hydrogen-bond donors (Lipinski definition) is 3. The van der Waals surface area contributed by atoms with Crippen LogP contribution in [-0.2, 0) is 11.3 Å². The highest BCUT2D eigenvalue weighted by Gasteiger charge is 2.22. The van der Waals surface area contributed by atoms with Gasteiger partial charge in [-0.25, -0.2) is 14.5 Å². The van der Waals surface area contributed by atoms with Gasteiger partial charge in [0.15, 0.2) is 11.5 Å². The summed E-state index contributed by atoms with van der Waals surface area (Å²) in [5, 5.41) is 34.8. The number of nitrogens with one attached hydrogen (secondary N) is 2. The molecule has 0 aliphatic heterocycles. The van der Waals surface area contributed by atoms with Crippen molar-refractivity contribution >= 4 is 63.0 Å². The molecule has 3 N–H and O–H groups in total. The Morgan fingerprint density at radius 1 is 1.28 bits per heavy atom. The average molecular weight is 564 g/mol. The molecule has 196 valence electrons. The third-order valence-electron chi connectivity index (χ3n) is 5.77. The molecular formula is C25H19Cl2N9O3. The van der Waals surface area contributed by atoms with Crippen LogP contribution in [0.25, 0.3) is 27.7 Å². The number of hydrogen-bond acceptors (Lipinski definition) is 9. The molecule has 5 aromatic rings. The number of benzene rings is 1. The summed E-state index contributed by atoms with van der Waals surface area (Å²) >= 11 is 13.0. The molecule has 1 amide bonds. The Balaban J connectivity index is 1.60. The lowest BCUT2D eigenvalue weighted by Crippen LogP contribution is -2.08. The van der Waals surface area contributed by atoms with Crippen LogP contribution in [0, 0.1) is 11.3 Å². The molecule has 14 heteroatoms. The number of carbonyl (C=O) groups excluding carboxylic acids is 1. The number of nitrogens with zero attached hydrogens (tertiary/aromatic N) is 7. The molecule has 0 spiro atoms. The summed E-state index contributed by atoms with van der Waals surface area (Å²) in [5.41, 5.74) is 2.31. The SMILES string of the molecule is C=CC(=O)Nc1cn(CCC#N)nc1Nc1cc2c(cn1)cc(-c1c(Cl)c(O)cc(OC)c1Cl)c1ncnn12. The van der Waals surface area contributed by atoms with E-state index in [1.165, 1.54) is 19.5 Å². The summed E-state index contributed by atoms with van der Waals surface area (Å²) in [5.74, 6) is 0.366. The molecule has 0 aliphatic carbocycles. The first-order valence-corrected chi connectivity index (χ1v) is 12.1. The Kier molecular flexibility index (Phi) is 6.93. The monoisotopic (exact) mass is 563 g/mol. The number of fused-ring (bicyclic) bond motifs is 3. The maximum Gasteiger partial charge on any atom is 0.247 e. The van der Waals surface area contributed by atoms with Gasteiger partial charge in [0.25, 0.3) is 0 Å². The molecule has 39 heavy (non-hydrogen) atoms. The summed E-state index contributed by atoms with van der Waals surface area (Å²) in [7, 11) is 1.44.